The third-order valence-electron chi connectivity index (χ3n) is 7.52. The number of rotatable bonds is 4. The smallest absolute Gasteiger partial charge is 0.303 e. The van der Waals surface area contributed by atoms with E-state index < -0.39 is 29.4 Å². The normalized spacial score (nSPS) is 32.8. The van der Waals surface area contributed by atoms with Crippen LogP contribution in [-0.4, -0.2) is 45.8 Å². The van der Waals surface area contributed by atoms with Crippen LogP contribution in [-0.2, 0) is 24.7 Å². The molecular weight excluding hydrogens is 398 g/mol. The summed E-state index contributed by atoms with van der Waals surface area (Å²) in [6, 6.07) is 6.53. The Morgan fingerprint density at radius 2 is 1.77 bits per heavy atom. The first-order valence-corrected chi connectivity index (χ1v) is 11.2. The summed E-state index contributed by atoms with van der Waals surface area (Å²) in [6.07, 6.45) is 5.79. The number of carboxylic acids is 1. The van der Waals surface area contributed by atoms with Gasteiger partial charge in [-0.05, 0) is 25.3 Å². The second-order valence-corrected chi connectivity index (χ2v) is 9.19. The molecule has 1 aliphatic carbocycles. The largest absolute Gasteiger partial charge is 0.481 e. The molecule has 0 bridgehead atoms. The molecule has 1 aromatic carbocycles. The van der Waals surface area contributed by atoms with E-state index in [1.54, 1.807) is 6.07 Å². The van der Waals surface area contributed by atoms with Crippen molar-refractivity contribution in [3.63, 3.8) is 0 Å². The maximum atomic E-state index is 13.8. The number of likely N-dealkylation sites (tertiary alicyclic amines) is 1. The summed E-state index contributed by atoms with van der Waals surface area (Å²) in [5.41, 5.74) is -0.0427. The molecule has 4 atom stereocenters. The van der Waals surface area contributed by atoms with E-state index in [-0.39, 0.29) is 36.6 Å². The Morgan fingerprint density at radius 1 is 1.06 bits per heavy atom. The van der Waals surface area contributed by atoms with E-state index in [1.807, 2.05) is 18.2 Å². The predicted molar refractivity (Wildman–Crippen MR) is 111 cm³/mol. The summed E-state index contributed by atoms with van der Waals surface area (Å²) >= 11 is 0. The van der Waals surface area contributed by atoms with Crippen LogP contribution in [0.1, 0.15) is 56.9 Å². The average molecular weight is 425 g/mol. The van der Waals surface area contributed by atoms with Gasteiger partial charge in [0.05, 0.1) is 11.8 Å². The highest BCUT2D eigenvalue weighted by Gasteiger charge is 2.70. The van der Waals surface area contributed by atoms with Crippen LogP contribution in [0.25, 0.3) is 0 Å². The number of hydrogen-bond donors (Lipinski definition) is 3. The van der Waals surface area contributed by atoms with Gasteiger partial charge in [0.15, 0.2) is 0 Å². The van der Waals surface area contributed by atoms with Crippen LogP contribution in [0.5, 0.6) is 0 Å². The predicted octanol–water partition coefficient (Wildman–Crippen LogP) is 1.99. The van der Waals surface area contributed by atoms with Gasteiger partial charge in [0.1, 0.15) is 5.54 Å². The van der Waals surface area contributed by atoms with Gasteiger partial charge >= 0.3 is 5.97 Å². The maximum Gasteiger partial charge on any atom is 0.303 e. The number of carbonyl (C=O) groups is 4. The zero-order valence-electron chi connectivity index (χ0n) is 17.3. The minimum Gasteiger partial charge on any atom is -0.481 e. The number of nitrogens with one attached hydrogen (secondary N) is 2. The molecule has 3 heterocycles. The minimum absolute atomic E-state index is 0.134. The number of nitrogens with zero attached hydrogens (tertiary/aromatic N) is 1. The summed E-state index contributed by atoms with van der Waals surface area (Å²) in [7, 11) is 0. The van der Waals surface area contributed by atoms with Gasteiger partial charge in [0.25, 0.3) is 0 Å². The lowest BCUT2D eigenvalue weighted by atomic mass is 9.76. The van der Waals surface area contributed by atoms with Gasteiger partial charge in [0, 0.05) is 29.8 Å². The van der Waals surface area contributed by atoms with Gasteiger partial charge in [-0.1, -0.05) is 43.9 Å². The molecule has 164 valence electrons. The minimum atomic E-state index is -1.34. The standard InChI is InChI=1S/C23H27N3O5/c27-17(28)12-11-16-18-19(21(30)26(20(18)29)13-7-3-1-2-4-8-13)23(25-16)14-9-5-6-10-15(14)24-22(23)31/h5-6,9-10,13,16,18-19,25H,1-4,7-8,11-12H2,(H,24,31)(H,27,28)/t16-,18-,19-,23-/m1/s1. The van der Waals surface area contributed by atoms with Crippen LogP contribution >= 0.6 is 0 Å². The number of carbonyl (C=O) groups excluding carboxylic acids is 3. The summed E-state index contributed by atoms with van der Waals surface area (Å²) in [4.78, 5) is 53.4. The van der Waals surface area contributed by atoms with Crippen LogP contribution in [0.15, 0.2) is 24.3 Å². The number of aliphatic carboxylic acids is 1. The molecule has 3 N–H and O–H groups in total. The molecule has 0 radical (unpaired) electrons. The number of benzene rings is 1. The zero-order valence-corrected chi connectivity index (χ0v) is 17.3. The molecular formula is C23H27N3O5. The van der Waals surface area contributed by atoms with Crippen molar-refractivity contribution in [3.8, 4) is 0 Å². The molecule has 5 rings (SSSR count). The Hall–Kier alpha value is -2.74. The van der Waals surface area contributed by atoms with Crippen molar-refractivity contribution in [2.24, 2.45) is 11.8 Å². The van der Waals surface area contributed by atoms with Crippen molar-refractivity contribution < 1.29 is 24.3 Å². The van der Waals surface area contributed by atoms with Crippen LogP contribution in [0.4, 0.5) is 5.69 Å². The molecule has 4 aliphatic rings. The molecule has 3 amide bonds. The number of anilines is 1. The van der Waals surface area contributed by atoms with Gasteiger partial charge in [-0.3, -0.25) is 29.4 Å². The number of imide groups is 1. The van der Waals surface area contributed by atoms with E-state index in [0.29, 0.717) is 11.3 Å². The fraction of sp³-hybridized carbons (Fsp3) is 0.565. The first kappa shape index (κ1) is 20.2. The van der Waals surface area contributed by atoms with E-state index in [9.17, 15) is 24.3 Å². The molecule has 3 aliphatic heterocycles. The number of para-hydroxylation sites is 1. The Kier molecular flexibility index (Phi) is 4.84. The average Bonchev–Trinajstić information content (AvgIpc) is 3.21. The quantitative estimate of drug-likeness (QED) is 0.502. The molecule has 0 unspecified atom stereocenters. The number of fused-ring (bicyclic) bond motifs is 4. The Labute approximate surface area is 180 Å². The molecule has 8 heteroatoms. The highest BCUT2D eigenvalue weighted by Crippen LogP contribution is 2.54. The van der Waals surface area contributed by atoms with Crippen LogP contribution in [0.3, 0.4) is 0 Å². The van der Waals surface area contributed by atoms with E-state index in [4.69, 9.17) is 0 Å². The van der Waals surface area contributed by atoms with Crippen molar-refractivity contribution >= 4 is 29.4 Å². The first-order chi connectivity index (χ1) is 14.9. The van der Waals surface area contributed by atoms with E-state index in [2.05, 4.69) is 10.6 Å². The molecule has 8 nitrogen and oxygen atoms in total. The highest BCUT2D eigenvalue weighted by atomic mass is 16.4. The first-order valence-electron chi connectivity index (χ1n) is 11.2. The molecule has 3 fully saturated rings. The SMILES string of the molecule is O=C(O)CC[C@H]1N[C@@]2(C(=O)Nc3ccccc32)[C@H]2C(=O)N(C3CCCCCC3)C(=O)[C@H]12. The zero-order chi connectivity index (χ0) is 21.8. The second-order valence-electron chi connectivity index (χ2n) is 9.19. The molecule has 1 aromatic rings. The van der Waals surface area contributed by atoms with Crippen LogP contribution in [0.2, 0.25) is 0 Å². The summed E-state index contributed by atoms with van der Waals surface area (Å²) in [5, 5.41) is 15.4. The van der Waals surface area contributed by atoms with Crippen LogP contribution in [0, 0.1) is 11.8 Å². The van der Waals surface area contributed by atoms with Gasteiger partial charge in [-0.15, -0.1) is 0 Å². The van der Waals surface area contributed by atoms with Gasteiger partial charge in [-0.25, -0.2) is 0 Å². The van der Waals surface area contributed by atoms with Crippen molar-refractivity contribution in [2.75, 3.05) is 5.32 Å². The number of hydrogen-bond acceptors (Lipinski definition) is 5. The van der Waals surface area contributed by atoms with Crippen molar-refractivity contribution in [3.05, 3.63) is 29.8 Å². The fourth-order valence-corrected chi connectivity index (χ4v) is 6.18. The molecule has 0 aromatic heterocycles. The molecule has 31 heavy (non-hydrogen) atoms. The summed E-state index contributed by atoms with van der Waals surface area (Å²) in [5.74, 6) is -3.44. The second kappa shape index (κ2) is 7.44. The van der Waals surface area contributed by atoms with Gasteiger partial charge in [0.2, 0.25) is 17.7 Å². The third-order valence-corrected chi connectivity index (χ3v) is 7.52. The van der Waals surface area contributed by atoms with E-state index in [0.717, 1.165) is 38.5 Å². The highest BCUT2D eigenvalue weighted by molar-refractivity contribution is 6.15. The molecule has 1 spiro atoms. The van der Waals surface area contributed by atoms with E-state index >= 15 is 0 Å². The topological polar surface area (TPSA) is 116 Å². The lowest BCUT2D eigenvalue weighted by Gasteiger charge is -2.32. The Morgan fingerprint density at radius 3 is 2.48 bits per heavy atom. The number of amides is 3. The Bertz CT molecular complexity index is 954. The van der Waals surface area contributed by atoms with E-state index in [1.165, 1.54) is 4.90 Å². The number of carboxylic acid groups (broad SMARTS) is 1. The van der Waals surface area contributed by atoms with Crippen LogP contribution < -0.4 is 10.6 Å². The van der Waals surface area contributed by atoms with Crippen molar-refractivity contribution in [1.29, 1.82) is 0 Å². The van der Waals surface area contributed by atoms with Crippen molar-refractivity contribution in [2.45, 2.75) is 69.0 Å². The van der Waals surface area contributed by atoms with Gasteiger partial charge in [-0.2, -0.15) is 0 Å². The Balaban J connectivity index is 1.58. The monoisotopic (exact) mass is 425 g/mol. The molecule has 1 saturated carbocycles. The van der Waals surface area contributed by atoms with Crippen molar-refractivity contribution in [1.82, 2.24) is 10.2 Å². The lowest BCUT2D eigenvalue weighted by molar-refractivity contribution is -0.146. The molecule has 2 saturated heterocycles. The fourth-order valence-electron chi connectivity index (χ4n) is 6.18. The third kappa shape index (κ3) is 2.91. The lowest BCUT2D eigenvalue weighted by Crippen LogP contribution is -2.54. The summed E-state index contributed by atoms with van der Waals surface area (Å²) in [6.45, 7) is 0. The summed E-state index contributed by atoms with van der Waals surface area (Å²) < 4.78 is 0. The maximum absolute atomic E-state index is 13.8. The van der Waals surface area contributed by atoms with Gasteiger partial charge < -0.3 is 10.4 Å².